The summed E-state index contributed by atoms with van der Waals surface area (Å²) in [5.74, 6) is -3.89. The summed E-state index contributed by atoms with van der Waals surface area (Å²) >= 11 is 0. The zero-order valence-corrected chi connectivity index (χ0v) is 18.7. The van der Waals surface area contributed by atoms with Crippen molar-refractivity contribution in [2.75, 3.05) is 78.5 Å². The van der Waals surface area contributed by atoms with Gasteiger partial charge >= 0.3 is 23.9 Å². The average Bonchev–Trinajstić information content (AvgIpc) is 2.66. The number of carbonyl (C=O) groups is 4. The summed E-state index contributed by atoms with van der Waals surface area (Å²) in [6.07, 6.45) is 1.25. The minimum atomic E-state index is -0.978. The fraction of sp³-hybridized carbons (Fsp3) is 0.800. The molecule has 1 rings (SSSR count). The first kappa shape index (κ1) is 27.8. The van der Waals surface area contributed by atoms with Crippen LogP contribution in [0.25, 0.3) is 0 Å². The molecule has 0 aromatic carbocycles. The minimum Gasteiger partial charge on any atom is -0.480 e. The van der Waals surface area contributed by atoms with E-state index < -0.39 is 23.9 Å². The maximum absolute atomic E-state index is 11.3. The quantitative estimate of drug-likeness (QED) is 0.331. The van der Waals surface area contributed by atoms with E-state index in [0.717, 1.165) is 0 Å². The highest BCUT2D eigenvalue weighted by Crippen LogP contribution is 2.11. The highest BCUT2D eigenvalue weighted by molar-refractivity contribution is 5.70. The molecule has 32 heavy (non-hydrogen) atoms. The Hall–Kier alpha value is -2.28. The van der Waals surface area contributed by atoms with Crippen molar-refractivity contribution in [2.24, 2.45) is 5.92 Å². The third kappa shape index (κ3) is 12.5. The molecule has 1 fully saturated rings. The second-order valence-corrected chi connectivity index (χ2v) is 8.23. The molecule has 0 saturated carbocycles. The molecule has 184 valence electrons. The number of carboxylic acids is 4. The van der Waals surface area contributed by atoms with Crippen LogP contribution >= 0.6 is 0 Å². The van der Waals surface area contributed by atoms with Crippen LogP contribution < -0.4 is 0 Å². The van der Waals surface area contributed by atoms with Crippen LogP contribution in [-0.4, -0.2) is 142 Å². The molecule has 0 unspecified atom stereocenters. The van der Waals surface area contributed by atoms with Crippen molar-refractivity contribution in [1.29, 1.82) is 0 Å². The maximum Gasteiger partial charge on any atom is 0.317 e. The van der Waals surface area contributed by atoms with Crippen LogP contribution in [0, 0.1) is 5.92 Å². The van der Waals surface area contributed by atoms with Gasteiger partial charge in [-0.05, 0) is 12.3 Å². The van der Waals surface area contributed by atoms with Crippen molar-refractivity contribution in [3.05, 3.63) is 0 Å². The van der Waals surface area contributed by atoms with Crippen molar-refractivity contribution in [1.82, 2.24) is 19.6 Å². The third-order valence-corrected chi connectivity index (χ3v) is 5.46. The lowest BCUT2D eigenvalue weighted by Crippen LogP contribution is -2.47. The molecule has 0 bridgehead atoms. The predicted molar refractivity (Wildman–Crippen MR) is 115 cm³/mol. The summed E-state index contributed by atoms with van der Waals surface area (Å²) < 4.78 is 0. The summed E-state index contributed by atoms with van der Waals surface area (Å²) in [5.41, 5.74) is 0. The minimum absolute atomic E-state index is 0.0116. The van der Waals surface area contributed by atoms with Gasteiger partial charge in [-0.3, -0.25) is 38.8 Å². The van der Waals surface area contributed by atoms with Gasteiger partial charge < -0.3 is 20.4 Å². The van der Waals surface area contributed by atoms with Gasteiger partial charge in [0.1, 0.15) is 0 Å². The van der Waals surface area contributed by atoms with Crippen molar-refractivity contribution in [3.63, 3.8) is 0 Å². The summed E-state index contributed by atoms with van der Waals surface area (Å²) in [5, 5.41) is 37.0. The molecule has 0 aromatic rings. The largest absolute Gasteiger partial charge is 0.480 e. The SMILES string of the molecule is CCC1CN(CC(=O)O)CCN(CC(=O)O)CCCN(CC(=O)O)CCN(CC(=O)O)C1. The maximum atomic E-state index is 11.3. The summed E-state index contributed by atoms with van der Waals surface area (Å²) in [7, 11) is 0. The second kappa shape index (κ2) is 14.7. The molecular weight excluding hydrogens is 424 g/mol. The van der Waals surface area contributed by atoms with Gasteiger partial charge in [0.25, 0.3) is 0 Å². The molecule has 0 radical (unpaired) electrons. The van der Waals surface area contributed by atoms with Crippen molar-refractivity contribution in [3.8, 4) is 0 Å². The van der Waals surface area contributed by atoms with Gasteiger partial charge in [-0.25, -0.2) is 0 Å². The second-order valence-electron chi connectivity index (χ2n) is 8.23. The molecule has 1 heterocycles. The Labute approximate surface area is 188 Å². The Kier molecular flexibility index (Phi) is 12.8. The molecule has 1 aliphatic heterocycles. The van der Waals surface area contributed by atoms with E-state index in [1.807, 2.05) is 6.92 Å². The molecule has 0 amide bonds. The Morgan fingerprint density at radius 2 is 0.906 bits per heavy atom. The number of hydrogen-bond donors (Lipinski definition) is 4. The van der Waals surface area contributed by atoms with Crippen molar-refractivity contribution in [2.45, 2.75) is 19.8 Å². The molecule has 12 heteroatoms. The van der Waals surface area contributed by atoms with E-state index in [2.05, 4.69) is 0 Å². The van der Waals surface area contributed by atoms with E-state index in [1.165, 1.54) is 0 Å². The van der Waals surface area contributed by atoms with E-state index in [-0.39, 0.29) is 32.1 Å². The Morgan fingerprint density at radius 1 is 0.594 bits per heavy atom. The lowest BCUT2D eigenvalue weighted by molar-refractivity contribution is -0.141. The van der Waals surface area contributed by atoms with E-state index in [1.54, 1.807) is 19.6 Å². The van der Waals surface area contributed by atoms with Crippen LogP contribution in [0.1, 0.15) is 19.8 Å². The topological polar surface area (TPSA) is 162 Å². The van der Waals surface area contributed by atoms with E-state index in [4.69, 9.17) is 0 Å². The average molecular weight is 461 g/mol. The summed E-state index contributed by atoms with van der Waals surface area (Å²) in [4.78, 5) is 52.2. The lowest BCUT2D eigenvalue weighted by atomic mass is 10.0. The zero-order valence-electron chi connectivity index (χ0n) is 18.7. The number of nitrogens with zero attached hydrogens (tertiary/aromatic N) is 4. The molecule has 4 N–H and O–H groups in total. The molecule has 0 atom stereocenters. The van der Waals surface area contributed by atoms with Crippen LogP contribution in [0.5, 0.6) is 0 Å². The van der Waals surface area contributed by atoms with E-state index in [0.29, 0.717) is 65.2 Å². The summed E-state index contributed by atoms with van der Waals surface area (Å²) in [6, 6.07) is 0. The first-order valence-electron chi connectivity index (χ1n) is 10.9. The van der Waals surface area contributed by atoms with Gasteiger partial charge in [-0.15, -0.1) is 0 Å². The number of carboxylic acid groups (broad SMARTS) is 4. The standard InChI is InChI=1S/C20H36N4O8/c1-2-16-10-23(14-19(29)30)8-6-21(12-17(25)26)4-3-5-22(13-18(27)28)7-9-24(11-16)15-20(31)32/h16H,2-15H2,1H3,(H,25,26)(H,27,28)(H,29,30)(H,31,32). The smallest absolute Gasteiger partial charge is 0.317 e. The Bertz CT molecular complexity index is 583. The molecule has 0 aromatic heterocycles. The summed E-state index contributed by atoms with van der Waals surface area (Å²) in [6.45, 7) is 4.47. The van der Waals surface area contributed by atoms with Crippen LogP contribution in [-0.2, 0) is 19.2 Å². The lowest BCUT2D eigenvalue weighted by Gasteiger charge is -2.33. The van der Waals surface area contributed by atoms with Gasteiger partial charge in [0.2, 0.25) is 0 Å². The van der Waals surface area contributed by atoms with Gasteiger partial charge in [-0.2, -0.15) is 0 Å². The van der Waals surface area contributed by atoms with E-state index >= 15 is 0 Å². The Morgan fingerprint density at radius 3 is 1.22 bits per heavy atom. The van der Waals surface area contributed by atoms with Crippen LogP contribution in [0.15, 0.2) is 0 Å². The molecule has 0 aliphatic carbocycles. The first-order chi connectivity index (χ1) is 15.1. The van der Waals surface area contributed by atoms with Crippen LogP contribution in [0.3, 0.4) is 0 Å². The zero-order chi connectivity index (χ0) is 24.1. The third-order valence-electron chi connectivity index (χ3n) is 5.46. The Balaban J connectivity index is 3.05. The normalized spacial score (nSPS) is 19.9. The van der Waals surface area contributed by atoms with Crippen molar-refractivity contribution >= 4 is 23.9 Å². The number of hydrogen-bond acceptors (Lipinski definition) is 8. The molecule has 1 aliphatic rings. The number of aliphatic carboxylic acids is 4. The molecule has 12 nitrogen and oxygen atoms in total. The van der Waals surface area contributed by atoms with Crippen molar-refractivity contribution < 1.29 is 39.6 Å². The fourth-order valence-corrected chi connectivity index (χ4v) is 3.90. The van der Waals surface area contributed by atoms with Gasteiger partial charge in [0.15, 0.2) is 0 Å². The molecule has 1 saturated heterocycles. The predicted octanol–water partition coefficient (Wildman–Crippen LogP) is -1.04. The van der Waals surface area contributed by atoms with Crippen LogP contribution in [0.2, 0.25) is 0 Å². The highest BCUT2D eigenvalue weighted by atomic mass is 16.4. The highest BCUT2D eigenvalue weighted by Gasteiger charge is 2.22. The number of rotatable bonds is 9. The van der Waals surface area contributed by atoms with Gasteiger partial charge in [0, 0.05) is 52.4 Å². The first-order valence-corrected chi connectivity index (χ1v) is 10.9. The fourth-order valence-electron chi connectivity index (χ4n) is 3.90. The van der Waals surface area contributed by atoms with Gasteiger partial charge in [-0.1, -0.05) is 13.3 Å². The molecular formula is C20H36N4O8. The van der Waals surface area contributed by atoms with E-state index in [9.17, 15) is 39.6 Å². The van der Waals surface area contributed by atoms with Gasteiger partial charge in [0.05, 0.1) is 26.2 Å². The monoisotopic (exact) mass is 460 g/mol. The van der Waals surface area contributed by atoms with Crippen LogP contribution in [0.4, 0.5) is 0 Å². The molecule has 0 spiro atoms.